The Morgan fingerprint density at radius 3 is 2.33 bits per heavy atom. The molecule has 118 valence electrons. The lowest BCUT2D eigenvalue weighted by Gasteiger charge is -2.19. The maximum absolute atomic E-state index is 13.0. The van der Waals surface area contributed by atoms with Crippen LogP contribution in [-0.4, -0.2) is 21.6 Å². The van der Waals surface area contributed by atoms with Crippen molar-refractivity contribution in [1.29, 1.82) is 0 Å². The van der Waals surface area contributed by atoms with Gasteiger partial charge in [-0.3, -0.25) is 4.79 Å². The molecule has 21 heavy (non-hydrogen) atoms. The van der Waals surface area contributed by atoms with Crippen LogP contribution in [0.1, 0.15) is 49.4 Å². The summed E-state index contributed by atoms with van der Waals surface area (Å²) in [5, 5.41) is 6.83. The number of thioether (sulfide) groups is 1. The van der Waals surface area contributed by atoms with E-state index in [1.807, 2.05) is 6.92 Å². The highest BCUT2D eigenvalue weighted by atomic mass is 32.2. The molecule has 0 aromatic heterocycles. The molecule has 0 aliphatic rings. The molecular formula is C15H19F3O2S. The van der Waals surface area contributed by atoms with Gasteiger partial charge >= 0.3 is 6.18 Å². The fraction of sp³-hybridized carbons (Fsp3) is 0.533. The summed E-state index contributed by atoms with van der Waals surface area (Å²) in [4.78, 5) is 11.9. The zero-order chi connectivity index (χ0) is 15.9. The second-order valence-electron chi connectivity index (χ2n) is 4.83. The van der Waals surface area contributed by atoms with E-state index in [-0.39, 0.29) is 17.7 Å². The highest BCUT2D eigenvalue weighted by molar-refractivity contribution is 8.14. The fourth-order valence-corrected chi connectivity index (χ4v) is 2.79. The van der Waals surface area contributed by atoms with Gasteiger partial charge in [0.1, 0.15) is 11.0 Å². The Bertz CT molecular complexity index is 443. The quantitative estimate of drug-likeness (QED) is 0.704. The SMILES string of the molecule is CCCCCC[C@H](SC(=O)c1ccc(O)cc1)C(F)(F)F. The van der Waals surface area contributed by atoms with E-state index in [1.165, 1.54) is 24.3 Å². The number of alkyl halides is 3. The Hall–Kier alpha value is -1.17. The monoisotopic (exact) mass is 320 g/mol. The largest absolute Gasteiger partial charge is 0.508 e. The number of hydrogen-bond acceptors (Lipinski definition) is 3. The van der Waals surface area contributed by atoms with Gasteiger partial charge in [-0.2, -0.15) is 13.2 Å². The zero-order valence-electron chi connectivity index (χ0n) is 11.8. The molecule has 1 atom stereocenters. The van der Waals surface area contributed by atoms with Crippen molar-refractivity contribution >= 4 is 16.9 Å². The number of halogens is 3. The van der Waals surface area contributed by atoms with Gasteiger partial charge in [0.25, 0.3) is 0 Å². The number of unbranched alkanes of at least 4 members (excludes halogenated alkanes) is 3. The third kappa shape index (κ3) is 6.42. The van der Waals surface area contributed by atoms with E-state index in [4.69, 9.17) is 5.11 Å². The minimum atomic E-state index is -4.39. The Morgan fingerprint density at radius 2 is 1.81 bits per heavy atom. The molecule has 0 saturated carbocycles. The summed E-state index contributed by atoms with van der Waals surface area (Å²) in [6.45, 7) is 1.99. The van der Waals surface area contributed by atoms with Crippen molar-refractivity contribution in [3.05, 3.63) is 29.8 Å². The van der Waals surface area contributed by atoms with E-state index in [9.17, 15) is 18.0 Å². The second-order valence-corrected chi connectivity index (χ2v) is 6.01. The van der Waals surface area contributed by atoms with Crippen LogP contribution in [0.3, 0.4) is 0 Å². The Balaban J connectivity index is 2.63. The van der Waals surface area contributed by atoms with Crippen LogP contribution in [0, 0.1) is 0 Å². The van der Waals surface area contributed by atoms with Gasteiger partial charge in [-0.15, -0.1) is 0 Å². The molecule has 1 aromatic rings. The maximum Gasteiger partial charge on any atom is 0.401 e. The molecule has 0 fully saturated rings. The van der Waals surface area contributed by atoms with E-state index in [2.05, 4.69) is 0 Å². The molecule has 6 heteroatoms. The van der Waals surface area contributed by atoms with Crippen molar-refractivity contribution in [2.75, 3.05) is 0 Å². The summed E-state index contributed by atoms with van der Waals surface area (Å²) in [6, 6.07) is 5.24. The summed E-state index contributed by atoms with van der Waals surface area (Å²) in [7, 11) is 0. The Morgan fingerprint density at radius 1 is 1.19 bits per heavy atom. The Kier molecular flexibility index (Phi) is 7.08. The molecular weight excluding hydrogens is 301 g/mol. The first-order valence-electron chi connectivity index (χ1n) is 6.91. The van der Waals surface area contributed by atoms with E-state index < -0.39 is 16.5 Å². The number of hydrogen-bond donors (Lipinski definition) is 1. The molecule has 0 aliphatic carbocycles. The third-order valence-corrected chi connectivity index (χ3v) is 4.27. The first kappa shape index (κ1) is 17.9. The maximum atomic E-state index is 13.0. The average Bonchev–Trinajstić information content (AvgIpc) is 2.41. The van der Waals surface area contributed by atoms with Gasteiger partial charge in [-0.05, 0) is 30.7 Å². The summed E-state index contributed by atoms with van der Waals surface area (Å²) in [5.74, 6) is -0.0245. The van der Waals surface area contributed by atoms with Crippen LogP contribution in [0.15, 0.2) is 24.3 Å². The van der Waals surface area contributed by atoms with Gasteiger partial charge in [0.05, 0.1) is 0 Å². The van der Waals surface area contributed by atoms with Crippen LogP contribution in [0.4, 0.5) is 13.2 Å². The van der Waals surface area contributed by atoms with Gasteiger partial charge < -0.3 is 5.11 Å². The molecule has 0 bridgehead atoms. The highest BCUT2D eigenvalue weighted by Gasteiger charge is 2.41. The first-order valence-corrected chi connectivity index (χ1v) is 7.79. The Labute approximate surface area is 126 Å². The summed E-state index contributed by atoms with van der Waals surface area (Å²) < 4.78 is 38.9. The van der Waals surface area contributed by atoms with Crippen LogP contribution in [0.5, 0.6) is 5.75 Å². The number of rotatable bonds is 7. The molecule has 0 amide bonds. The lowest BCUT2D eigenvalue weighted by Crippen LogP contribution is -2.27. The van der Waals surface area contributed by atoms with E-state index in [0.29, 0.717) is 18.2 Å². The van der Waals surface area contributed by atoms with E-state index in [1.54, 1.807) is 0 Å². The van der Waals surface area contributed by atoms with E-state index in [0.717, 1.165) is 19.3 Å². The van der Waals surface area contributed by atoms with Gasteiger partial charge in [0.2, 0.25) is 5.12 Å². The molecule has 1 N–H and O–H groups in total. The van der Waals surface area contributed by atoms with E-state index >= 15 is 0 Å². The molecule has 0 spiro atoms. The second kappa shape index (κ2) is 8.32. The lowest BCUT2D eigenvalue weighted by molar-refractivity contribution is -0.129. The number of phenols is 1. The summed E-state index contributed by atoms with van der Waals surface area (Å²) in [5.41, 5.74) is 0.167. The van der Waals surface area contributed by atoms with Crippen LogP contribution in [0.2, 0.25) is 0 Å². The molecule has 0 radical (unpaired) electrons. The first-order chi connectivity index (χ1) is 9.84. The van der Waals surface area contributed by atoms with Crippen LogP contribution in [-0.2, 0) is 0 Å². The predicted molar refractivity (Wildman–Crippen MR) is 78.6 cm³/mol. The van der Waals surface area contributed by atoms with Crippen LogP contribution >= 0.6 is 11.8 Å². The molecule has 1 aromatic carbocycles. The van der Waals surface area contributed by atoms with Gasteiger partial charge in [0.15, 0.2) is 0 Å². The molecule has 0 aliphatic heterocycles. The lowest BCUT2D eigenvalue weighted by atomic mass is 10.1. The average molecular weight is 320 g/mol. The third-order valence-electron chi connectivity index (χ3n) is 3.04. The highest BCUT2D eigenvalue weighted by Crippen LogP contribution is 2.36. The van der Waals surface area contributed by atoms with Crippen molar-refractivity contribution in [3.63, 3.8) is 0 Å². The predicted octanol–water partition coefficient (Wildman–Crippen LogP) is 5.17. The van der Waals surface area contributed by atoms with Crippen molar-refractivity contribution in [2.24, 2.45) is 0 Å². The number of aromatic hydroxyl groups is 1. The normalized spacial score (nSPS) is 13.1. The minimum Gasteiger partial charge on any atom is -0.508 e. The smallest absolute Gasteiger partial charge is 0.401 e. The molecule has 0 heterocycles. The number of carbonyl (C=O) groups is 1. The molecule has 0 unspecified atom stereocenters. The van der Waals surface area contributed by atoms with Gasteiger partial charge in [0, 0.05) is 5.56 Å². The van der Waals surface area contributed by atoms with Crippen molar-refractivity contribution in [3.8, 4) is 5.75 Å². The molecule has 2 nitrogen and oxygen atoms in total. The fourth-order valence-electron chi connectivity index (χ4n) is 1.84. The minimum absolute atomic E-state index is 0.0245. The van der Waals surface area contributed by atoms with Crippen molar-refractivity contribution in [1.82, 2.24) is 0 Å². The number of carbonyl (C=O) groups excluding carboxylic acids is 1. The zero-order valence-corrected chi connectivity index (χ0v) is 12.6. The van der Waals surface area contributed by atoms with Gasteiger partial charge in [-0.1, -0.05) is 44.4 Å². The van der Waals surface area contributed by atoms with Crippen molar-refractivity contribution < 1.29 is 23.1 Å². The topological polar surface area (TPSA) is 37.3 Å². The van der Waals surface area contributed by atoms with Gasteiger partial charge in [-0.25, -0.2) is 0 Å². The van der Waals surface area contributed by atoms with Crippen LogP contribution < -0.4 is 0 Å². The molecule has 1 rings (SSSR count). The molecule has 0 saturated heterocycles. The number of benzene rings is 1. The summed E-state index contributed by atoms with van der Waals surface area (Å²) >= 11 is 0.323. The van der Waals surface area contributed by atoms with Crippen LogP contribution in [0.25, 0.3) is 0 Å². The number of phenolic OH excluding ortho intramolecular Hbond substituents is 1. The standard InChI is InChI=1S/C15H19F3O2S/c1-2-3-4-5-6-13(15(16,17)18)21-14(20)11-7-9-12(19)10-8-11/h7-10,13,19H,2-6H2,1H3/t13-/m0/s1. The van der Waals surface area contributed by atoms with Crippen molar-refractivity contribution in [2.45, 2.75) is 50.5 Å². The summed E-state index contributed by atoms with van der Waals surface area (Å²) in [6.07, 6.45) is -1.36.